The topological polar surface area (TPSA) is 56.8 Å². The highest BCUT2D eigenvalue weighted by Gasteiger charge is 2.16. The molecule has 5 nitrogen and oxygen atoms in total. The summed E-state index contributed by atoms with van der Waals surface area (Å²) < 4.78 is 16.5. The van der Waals surface area contributed by atoms with Crippen LogP contribution in [-0.4, -0.2) is 32.3 Å². The van der Waals surface area contributed by atoms with Crippen molar-refractivity contribution in [2.24, 2.45) is 0 Å². The van der Waals surface area contributed by atoms with Crippen LogP contribution < -0.4 is 19.5 Å². The molecule has 0 saturated heterocycles. The van der Waals surface area contributed by atoms with Gasteiger partial charge < -0.3 is 19.5 Å². The third-order valence-electron chi connectivity index (χ3n) is 3.99. The molecule has 0 fully saturated rings. The van der Waals surface area contributed by atoms with Crippen LogP contribution in [-0.2, 0) is 17.6 Å². The zero-order valence-corrected chi connectivity index (χ0v) is 15.5. The molecule has 0 bridgehead atoms. The lowest BCUT2D eigenvalue weighted by Crippen LogP contribution is -2.27. The van der Waals surface area contributed by atoms with E-state index in [9.17, 15) is 4.79 Å². The maximum atomic E-state index is 12.1. The lowest BCUT2D eigenvalue weighted by Gasteiger charge is -2.20. The summed E-state index contributed by atoms with van der Waals surface area (Å²) >= 11 is 6.23. The number of nitrogens with one attached hydrogen (secondary N) is 1. The second-order valence-electron chi connectivity index (χ2n) is 5.96. The second kappa shape index (κ2) is 8.81. The highest BCUT2D eigenvalue weighted by molar-refractivity contribution is 6.32. The van der Waals surface area contributed by atoms with Gasteiger partial charge in [-0.05, 0) is 48.7 Å². The predicted molar refractivity (Wildman–Crippen MR) is 100 cm³/mol. The normalized spacial score (nSPS) is 12.5. The molecule has 0 aromatic heterocycles. The molecule has 6 heteroatoms. The van der Waals surface area contributed by atoms with Gasteiger partial charge in [0, 0.05) is 6.54 Å². The van der Waals surface area contributed by atoms with Crippen LogP contribution in [0.3, 0.4) is 0 Å². The highest BCUT2D eigenvalue weighted by atomic mass is 35.5. The van der Waals surface area contributed by atoms with Crippen molar-refractivity contribution in [2.75, 3.05) is 26.4 Å². The Balaban J connectivity index is 1.48. The molecule has 2 aromatic rings. The van der Waals surface area contributed by atoms with Crippen molar-refractivity contribution >= 4 is 17.5 Å². The van der Waals surface area contributed by atoms with E-state index >= 15 is 0 Å². The molecule has 1 heterocycles. The van der Waals surface area contributed by atoms with Gasteiger partial charge >= 0.3 is 0 Å². The number of amides is 1. The van der Waals surface area contributed by atoms with Gasteiger partial charge in [0.1, 0.15) is 19.0 Å². The van der Waals surface area contributed by atoms with E-state index in [4.69, 9.17) is 25.8 Å². The average molecular weight is 376 g/mol. The van der Waals surface area contributed by atoms with Crippen LogP contribution in [0.15, 0.2) is 36.4 Å². The van der Waals surface area contributed by atoms with Crippen molar-refractivity contribution in [1.29, 1.82) is 0 Å². The second-order valence-corrected chi connectivity index (χ2v) is 6.36. The number of carbonyl (C=O) groups excluding carboxylic acids is 1. The molecule has 2 aromatic carbocycles. The third-order valence-corrected chi connectivity index (χ3v) is 4.27. The minimum absolute atomic E-state index is 0.0159. The summed E-state index contributed by atoms with van der Waals surface area (Å²) in [6.07, 6.45) is 1.01. The Labute approximate surface area is 158 Å². The molecule has 1 N–H and O–H groups in total. The van der Waals surface area contributed by atoms with Crippen molar-refractivity contribution in [3.05, 3.63) is 52.5 Å². The summed E-state index contributed by atoms with van der Waals surface area (Å²) in [5.41, 5.74) is 1.95. The molecule has 138 valence electrons. The van der Waals surface area contributed by atoms with Gasteiger partial charge in [-0.15, -0.1) is 0 Å². The minimum Gasteiger partial charge on any atom is -0.494 e. The lowest BCUT2D eigenvalue weighted by molar-refractivity contribution is -0.120. The number of hydrogen-bond donors (Lipinski definition) is 1. The average Bonchev–Trinajstić information content (AvgIpc) is 2.64. The molecule has 0 aliphatic carbocycles. The fourth-order valence-corrected chi connectivity index (χ4v) is 3.06. The molecule has 1 amide bonds. The van der Waals surface area contributed by atoms with E-state index in [1.54, 1.807) is 0 Å². The van der Waals surface area contributed by atoms with Gasteiger partial charge in [-0.25, -0.2) is 0 Å². The van der Waals surface area contributed by atoms with Crippen LogP contribution in [0.25, 0.3) is 0 Å². The largest absolute Gasteiger partial charge is 0.494 e. The Hall–Kier alpha value is -2.40. The van der Waals surface area contributed by atoms with E-state index < -0.39 is 0 Å². The molecule has 3 rings (SSSR count). The minimum atomic E-state index is -0.0159. The van der Waals surface area contributed by atoms with Crippen molar-refractivity contribution in [2.45, 2.75) is 19.8 Å². The van der Waals surface area contributed by atoms with Crippen LogP contribution >= 0.6 is 11.6 Å². The zero-order valence-electron chi connectivity index (χ0n) is 14.7. The number of halogens is 1. The van der Waals surface area contributed by atoms with Crippen molar-refractivity contribution in [1.82, 2.24) is 5.32 Å². The fraction of sp³-hybridized carbons (Fsp3) is 0.350. The first-order valence-corrected chi connectivity index (χ1v) is 9.10. The molecule has 0 saturated carbocycles. The summed E-state index contributed by atoms with van der Waals surface area (Å²) in [6, 6.07) is 11.3. The van der Waals surface area contributed by atoms with E-state index in [1.165, 1.54) is 0 Å². The Morgan fingerprint density at radius 1 is 1.15 bits per heavy atom. The van der Waals surface area contributed by atoms with Gasteiger partial charge in [-0.3, -0.25) is 4.79 Å². The van der Waals surface area contributed by atoms with Gasteiger partial charge in [-0.2, -0.15) is 0 Å². The molecule has 0 atom stereocenters. The van der Waals surface area contributed by atoms with Gasteiger partial charge in [-0.1, -0.05) is 23.7 Å². The number of ether oxygens (including phenoxy) is 3. The number of carbonyl (C=O) groups is 1. The zero-order chi connectivity index (χ0) is 18.4. The third kappa shape index (κ3) is 4.82. The first-order valence-electron chi connectivity index (χ1n) is 8.72. The van der Waals surface area contributed by atoms with Gasteiger partial charge in [0.25, 0.3) is 0 Å². The van der Waals surface area contributed by atoms with E-state index in [-0.39, 0.29) is 5.91 Å². The Kier molecular flexibility index (Phi) is 6.23. The van der Waals surface area contributed by atoms with E-state index in [0.717, 1.165) is 16.9 Å². The van der Waals surface area contributed by atoms with Crippen LogP contribution in [0, 0.1) is 0 Å². The molecule has 0 radical (unpaired) electrons. The number of hydrogen-bond acceptors (Lipinski definition) is 4. The van der Waals surface area contributed by atoms with Crippen molar-refractivity contribution in [3.63, 3.8) is 0 Å². The molecular formula is C20H22ClNO4. The molecule has 0 spiro atoms. The number of fused-ring (bicyclic) bond motifs is 1. The fourth-order valence-electron chi connectivity index (χ4n) is 2.77. The molecule has 1 aliphatic heterocycles. The lowest BCUT2D eigenvalue weighted by atomic mass is 10.1. The maximum Gasteiger partial charge on any atom is 0.224 e. The van der Waals surface area contributed by atoms with Gasteiger partial charge in [0.15, 0.2) is 11.5 Å². The summed E-state index contributed by atoms with van der Waals surface area (Å²) in [5.74, 6) is 2.06. The quantitative estimate of drug-likeness (QED) is 0.805. The summed E-state index contributed by atoms with van der Waals surface area (Å²) in [4.78, 5) is 12.1. The summed E-state index contributed by atoms with van der Waals surface area (Å²) in [6.45, 7) is 4.13. The van der Waals surface area contributed by atoms with Gasteiger partial charge in [0.2, 0.25) is 5.91 Å². The molecular weight excluding hydrogens is 354 g/mol. The first kappa shape index (κ1) is 18.4. The van der Waals surface area contributed by atoms with Crippen LogP contribution in [0.4, 0.5) is 0 Å². The van der Waals surface area contributed by atoms with Crippen LogP contribution in [0.5, 0.6) is 17.2 Å². The maximum absolute atomic E-state index is 12.1. The summed E-state index contributed by atoms with van der Waals surface area (Å²) in [7, 11) is 0. The Morgan fingerprint density at radius 3 is 2.69 bits per heavy atom. The molecule has 26 heavy (non-hydrogen) atoms. The molecule has 0 unspecified atom stereocenters. The SMILES string of the molecule is CCOc1ccc(CC(=O)NCCc2cc(Cl)c3c(c2)OCCO3)cc1. The van der Waals surface area contributed by atoms with E-state index in [0.29, 0.717) is 55.7 Å². The van der Waals surface area contributed by atoms with Crippen LogP contribution in [0.2, 0.25) is 5.02 Å². The van der Waals surface area contributed by atoms with Crippen molar-refractivity contribution in [3.8, 4) is 17.2 Å². The number of rotatable bonds is 7. The van der Waals surface area contributed by atoms with E-state index in [1.807, 2.05) is 43.3 Å². The Bertz CT molecular complexity index is 761. The van der Waals surface area contributed by atoms with Gasteiger partial charge in [0.05, 0.1) is 18.1 Å². The van der Waals surface area contributed by atoms with Crippen molar-refractivity contribution < 1.29 is 19.0 Å². The monoisotopic (exact) mass is 375 g/mol. The first-order chi connectivity index (χ1) is 12.7. The van der Waals surface area contributed by atoms with Crippen LogP contribution in [0.1, 0.15) is 18.1 Å². The number of benzene rings is 2. The summed E-state index contributed by atoms with van der Waals surface area (Å²) in [5, 5.41) is 3.47. The smallest absolute Gasteiger partial charge is 0.224 e. The standard InChI is InChI=1S/C20H22ClNO4/c1-2-24-16-5-3-14(4-6-16)13-19(23)22-8-7-15-11-17(21)20-18(12-15)25-9-10-26-20/h3-6,11-12H,2,7-10,13H2,1H3,(H,22,23). The predicted octanol–water partition coefficient (Wildman–Crippen LogP) is 3.41. The van der Waals surface area contributed by atoms with E-state index in [2.05, 4.69) is 5.32 Å². The highest BCUT2D eigenvalue weighted by Crippen LogP contribution is 2.38. The Morgan fingerprint density at radius 2 is 1.92 bits per heavy atom. The molecule has 1 aliphatic rings.